The van der Waals surface area contributed by atoms with E-state index in [4.69, 9.17) is 20.0 Å². The molecule has 1 aliphatic rings. The number of furan rings is 1. The highest BCUT2D eigenvalue weighted by Crippen LogP contribution is 2.29. The second-order valence-corrected chi connectivity index (χ2v) is 10.7. The molecule has 5 aromatic rings. The Labute approximate surface area is 237 Å². The molecule has 1 saturated heterocycles. The number of hydrogen-bond acceptors (Lipinski definition) is 10. The largest absolute Gasteiger partial charge is 0.493 e. The molecule has 1 aromatic carbocycles. The number of anilines is 2. The molecule has 0 aliphatic carbocycles. The van der Waals surface area contributed by atoms with Crippen LogP contribution in [0.2, 0.25) is 0 Å². The predicted molar refractivity (Wildman–Crippen MR) is 152 cm³/mol. The van der Waals surface area contributed by atoms with Crippen molar-refractivity contribution in [3.63, 3.8) is 0 Å². The van der Waals surface area contributed by atoms with Crippen LogP contribution in [0.15, 0.2) is 51.9 Å². The average molecular weight is 582 g/mol. The summed E-state index contributed by atoms with van der Waals surface area (Å²) in [6.45, 7) is 3.97. The van der Waals surface area contributed by atoms with Crippen LogP contribution in [-0.4, -0.2) is 74.5 Å². The highest BCUT2D eigenvalue weighted by atomic mass is 32.1. The third kappa shape index (κ3) is 5.47. The van der Waals surface area contributed by atoms with Crippen LogP contribution in [0, 0.1) is 5.82 Å². The molecular formula is C27H28FN7O5S. The summed E-state index contributed by atoms with van der Waals surface area (Å²) in [5, 5.41) is 13.2. The number of aromatic nitrogens is 4. The van der Waals surface area contributed by atoms with Crippen LogP contribution >= 0.6 is 11.3 Å². The number of nitrogen functional groups attached to an aromatic ring is 1. The third-order valence-electron chi connectivity index (χ3n) is 7.10. The van der Waals surface area contributed by atoms with Crippen molar-refractivity contribution in [2.24, 2.45) is 0 Å². The van der Waals surface area contributed by atoms with Crippen LogP contribution in [0.4, 0.5) is 16.0 Å². The van der Waals surface area contributed by atoms with E-state index >= 15 is 0 Å². The van der Waals surface area contributed by atoms with Gasteiger partial charge in [-0.1, -0.05) is 11.3 Å². The number of ether oxygens (including phenoxy) is 1. The van der Waals surface area contributed by atoms with Crippen molar-refractivity contribution in [3.8, 4) is 17.2 Å². The Hall–Kier alpha value is -4.43. The zero-order chi connectivity index (χ0) is 28.5. The van der Waals surface area contributed by atoms with E-state index < -0.39 is 5.97 Å². The number of carboxylic acid groups (broad SMARTS) is 1. The predicted octanol–water partition coefficient (Wildman–Crippen LogP) is 3.15. The van der Waals surface area contributed by atoms with E-state index in [1.807, 2.05) is 11.0 Å². The van der Waals surface area contributed by atoms with Gasteiger partial charge in [-0.05, 0) is 36.8 Å². The van der Waals surface area contributed by atoms with Gasteiger partial charge in [-0.2, -0.15) is 14.6 Å². The van der Waals surface area contributed by atoms with Gasteiger partial charge in [0.15, 0.2) is 11.4 Å². The molecular weight excluding hydrogens is 553 g/mol. The maximum absolute atomic E-state index is 14.8. The van der Waals surface area contributed by atoms with Gasteiger partial charge in [-0.3, -0.25) is 19.1 Å². The summed E-state index contributed by atoms with van der Waals surface area (Å²) in [5.74, 6) is -0.102. The molecule has 12 nitrogen and oxygen atoms in total. The smallest absolute Gasteiger partial charge is 0.309 e. The van der Waals surface area contributed by atoms with E-state index in [2.05, 4.69) is 15.0 Å². The van der Waals surface area contributed by atoms with Gasteiger partial charge in [0.25, 0.3) is 0 Å². The number of nitrogens with zero attached hydrogens (tertiary/aromatic N) is 6. The van der Waals surface area contributed by atoms with Crippen molar-refractivity contribution < 1.29 is 23.4 Å². The molecule has 14 heteroatoms. The molecule has 0 saturated carbocycles. The van der Waals surface area contributed by atoms with Gasteiger partial charge in [0, 0.05) is 51.8 Å². The number of piperazine rings is 1. The Balaban J connectivity index is 1.09. The first kappa shape index (κ1) is 26.8. The number of benzene rings is 1. The normalized spacial score (nSPS) is 14.3. The molecule has 41 heavy (non-hydrogen) atoms. The third-order valence-corrected chi connectivity index (χ3v) is 8.09. The van der Waals surface area contributed by atoms with Gasteiger partial charge in [0.2, 0.25) is 5.95 Å². The van der Waals surface area contributed by atoms with E-state index in [9.17, 15) is 14.0 Å². The Morgan fingerprint density at radius 2 is 2.00 bits per heavy atom. The van der Waals surface area contributed by atoms with Crippen molar-refractivity contribution in [1.82, 2.24) is 24.1 Å². The first-order valence-electron chi connectivity index (χ1n) is 13.2. The van der Waals surface area contributed by atoms with Crippen LogP contribution in [0.25, 0.3) is 27.3 Å². The molecule has 6 rings (SSSR count). The highest BCUT2D eigenvalue weighted by molar-refractivity contribution is 7.17. The van der Waals surface area contributed by atoms with Crippen LogP contribution in [-0.2, 0) is 11.3 Å². The average Bonchev–Trinajstić information content (AvgIpc) is 3.70. The zero-order valence-corrected chi connectivity index (χ0v) is 22.8. The lowest BCUT2D eigenvalue weighted by Crippen LogP contribution is -2.47. The van der Waals surface area contributed by atoms with E-state index in [1.165, 1.54) is 10.6 Å². The maximum Gasteiger partial charge on any atom is 0.309 e. The van der Waals surface area contributed by atoms with Gasteiger partial charge in [0.1, 0.15) is 22.0 Å². The lowest BCUT2D eigenvalue weighted by Gasteiger charge is -2.36. The summed E-state index contributed by atoms with van der Waals surface area (Å²) in [6, 6.07) is 10.2. The van der Waals surface area contributed by atoms with Gasteiger partial charge in [-0.15, -0.1) is 0 Å². The van der Waals surface area contributed by atoms with Gasteiger partial charge < -0.3 is 24.9 Å². The fraction of sp³-hybridized carbons (Fsp3) is 0.333. The number of aliphatic carboxylic acids is 1. The Kier molecular flexibility index (Phi) is 7.32. The number of hydrogen-bond donors (Lipinski definition) is 2. The summed E-state index contributed by atoms with van der Waals surface area (Å²) in [7, 11) is 0. The lowest BCUT2D eigenvalue weighted by molar-refractivity contribution is -0.137. The highest BCUT2D eigenvalue weighted by Gasteiger charge is 2.22. The zero-order valence-electron chi connectivity index (χ0n) is 22.0. The summed E-state index contributed by atoms with van der Waals surface area (Å²) in [4.78, 5) is 32.2. The van der Waals surface area contributed by atoms with Crippen molar-refractivity contribution in [2.75, 3.05) is 50.0 Å². The van der Waals surface area contributed by atoms with Gasteiger partial charge >= 0.3 is 10.8 Å². The molecule has 1 fully saturated rings. The summed E-state index contributed by atoms with van der Waals surface area (Å²) >= 11 is 1.11. The topological polar surface area (TPSA) is 144 Å². The fourth-order valence-electron chi connectivity index (χ4n) is 4.99. The van der Waals surface area contributed by atoms with Crippen LogP contribution in [0.1, 0.15) is 12.8 Å². The number of halogens is 1. The van der Waals surface area contributed by atoms with Crippen LogP contribution in [0.5, 0.6) is 5.75 Å². The van der Waals surface area contributed by atoms with Gasteiger partial charge in [0.05, 0.1) is 24.1 Å². The molecule has 4 aromatic heterocycles. The Morgan fingerprint density at radius 3 is 2.73 bits per heavy atom. The number of thiazole rings is 1. The quantitative estimate of drug-likeness (QED) is 0.236. The number of carboxylic acids is 1. The molecule has 214 valence electrons. The molecule has 5 heterocycles. The maximum atomic E-state index is 14.8. The molecule has 0 atom stereocenters. The van der Waals surface area contributed by atoms with Crippen LogP contribution < -0.4 is 20.2 Å². The van der Waals surface area contributed by atoms with E-state index in [0.717, 1.165) is 11.3 Å². The number of carbonyl (C=O) groups is 1. The minimum Gasteiger partial charge on any atom is -0.493 e. The molecule has 0 spiro atoms. The molecule has 0 amide bonds. The second-order valence-electron chi connectivity index (χ2n) is 9.73. The lowest BCUT2D eigenvalue weighted by atomic mass is 10.2. The summed E-state index contributed by atoms with van der Waals surface area (Å²) in [6.07, 6.45) is 1.94. The summed E-state index contributed by atoms with van der Waals surface area (Å²) < 4.78 is 29.6. The molecule has 3 N–H and O–H groups in total. The van der Waals surface area contributed by atoms with E-state index in [-0.39, 0.29) is 29.7 Å². The van der Waals surface area contributed by atoms with E-state index in [1.54, 1.807) is 35.1 Å². The molecule has 1 aliphatic heterocycles. The van der Waals surface area contributed by atoms with Crippen molar-refractivity contribution in [3.05, 3.63) is 58.1 Å². The monoisotopic (exact) mass is 581 g/mol. The number of rotatable bonds is 10. The Bertz CT molecular complexity index is 1760. The molecule has 0 unspecified atom stereocenters. The molecule has 0 bridgehead atoms. The fourth-order valence-corrected chi connectivity index (χ4v) is 5.95. The van der Waals surface area contributed by atoms with Crippen LogP contribution in [0.3, 0.4) is 0 Å². The standard InChI is InChI=1S/C27H28FN7O5S/c28-18-15-17(39-13-2-4-23(36)37)5-6-20(18)33-10-7-32(8-11-33)9-12-34-25-24(41-27(34)38)21-16-19(22-3-1-14-40-22)31-35(21)26(29)30-25/h1,3,5-6,14-16H,2,4,7-13H2,(H2,29,30)(H,36,37). The number of nitrogens with two attached hydrogens (primary N) is 1. The first-order valence-corrected chi connectivity index (χ1v) is 14.0. The SMILES string of the molecule is Nc1nc2c(sc(=O)n2CCN2CCN(c3ccc(OCCCC(=O)O)cc3F)CC2)c2cc(-c3ccco3)nn12. The minimum absolute atomic E-state index is 0.00856. The van der Waals surface area contributed by atoms with Crippen molar-refractivity contribution in [2.45, 2.75) is 19.4 Å². The number of fused-ring (bicyclic) bond motifs is 3. The Morgan fingerprint density at radius 1 is 1.17 bits per heavy atom. The summed E-state index contributed by atoms with van der Waals surface area (Å²) in [5.41, 5.74) is 8.55. The van der Waals surface area contributed by atoms with E-state index in [0.29, 0.717) is 84.4 Å². The van der Waals surface area contributed by atoms with Gasteiger partial charge in [-0.25, -0.2) is 4.39 Å². The molecule has 0 radical (unpaired) electrons. The van der Waals surface area contributed by atoms with Crippen molar-refractivity contribution >= 4 is 44.8 Å². The first-order chi connectivity index (χ1) is 19.9. The second kappa shape index (κ2) is 11.2. The van der Waals surface area contributed by atoms with Crippen molar-refractivity contribution in [1.29, 1.82) is 0 Å². The minimum atomic E-state index is -0.887.